The van der Waals surface area contributed by atoms with Crippen LogP contribution in [0.3, 0.4) is 0 Å². The summed E-state index contributed by atoms with van der Waals surface area (Å²) in [5.41, 5.74) is 0.687. The highest BCUT2D eigenvalue weighted by Gasteiger charge is 2.19. The van der Waals surface area contributed by atoms with E-state index < -0.39 is 6.10 Å². The predicted octanol–water partition coefficient (Wildman–Crippen LogP) is 2.53. The van der Waals surface area contributed by atoms with Gasteiger partial charge >= 0.3 is 5.97 Å². The van der Waals surface area contributed by atoms with Gasteiger partial charge in [0.2, 0.25) is 0 Å². The molecule has 0 radical (unpaired) electrons. The summed E-state index contributed by atoms with van der Waals surface area (Å²) in [6.07, 6.45) is -0.443. The van der Waals surface area contributed by atoms with E-state index in [1.165, 1.54) is 0 Å². The Morgan fingerprint density at radius 3 is 2.40 bits per heavy atom. The molecular formula is C10H17BrO4. The standard InChI is InChI=1S/C10H17BrO4/c1-6(2)9(15-13)5-7(3)14-10(12)8(4)11/h7-9,13H,1,5H2,2-4H3. The highest BCUT2D eigenvalue weighted by atomic mass is 79.9. The Labute approximate surface area is 98.3 Å². The second-order valence-corrected chi connectivity index (χ2v) is 4.91. The van der Waals surface area contributed by atoms with Gasteiger partial charge in [-0.3, -0.25) is 10.1 Å². The van der Waals surface area contributed by atoms with Crippen molar-refractivity contribution in [2.75, 3.05) is 0 Å². The van der Waals surface area contributed by atoms with Gasteiger partial charge in [-0.1, -0.05) is 22.5 Å². The highest BCUT2D eigenvalue weighted by molar-refractivity contribution is 9.10. The Morgan fingerprint density at radius 2 is 2.07 bits per heavy atom. The monoisotopic (exact) mass is 280 g/mol. The number of hydrogen-bond acceptors (Lipinski definition) is 4. The Kier molecular flexibility index (Phi) is 6.80. The minimum absolute atomic E-state index is 0.327. The first-order valence-corrected chi connectivity index (χ1v) is 5.60. The number of esters is 1. The van der Waals surface area contributed by atoms with Crippen molar-refractivity contribution in [3.8, 4) is 0 Å². The lowest BCUT2D eigenvalue weighted by molar-refractivity contribution is -0.272. The molecule has 3 atom stereocenters. The van der Waals surface area contributed by atoms with Crippen LogP contribution in [0.2, 0.25) is 0 Å². The van der Waals surface area contributed by atoms with Crippen LogP contribution in [-0.2, 0) is 14.4 Å². The molecule has 0 aliphatic rings. The molecule has 0 aromatic rings. The van der Waals surface area contributed by atoms with Crippen molar-refractivity contribution >= 4 is 21.9 Å². The van der Waals surface area contributed by atoms with E-state index in [4.69, 9.17) is 9.99 Å². The number of carbonyl (C=O) groups excluding carboxylic acids is 1. The van der Waals surface area contributed by atoms with Crippen LogP contribution >= 0.6 is 15.9 Å². The lowest BCUT2D eigenvalue weighted by Gasteiger charge is -2.19. The Morgan fingerprint density at radius 1 is 1.53 bits per heavy atom. The number of hydrogen-bond donors (Lipinski definition) is 1. The van der Waals surface area contributed by atoms with Crippen LogP contribution in [0.15, 0.2) is 12.2 Å². The van der Waals surface area contributed by atoms with Crippen LogP contribution < -0.4 is 0 Å². The minimum Gasteiger partial charge on any atom is -0.462 e. The third-order valence-corrected chi connectivity index (χ3v) is 2.24. The van der Waals surface area contributed by atoms with Gasteiger partial charge < -0.3 is 4.74 Å². The van der Waals surface area contributed by atoms with Crippen LogP contribution in [0.5, 0.6) is 0 Å². The normalized spacial score (nSPS) is 16.6. The molecule has 0 aliphatic carbocycles. The average molecular weight is 281 g/mol. The van der Waals surface area contributed by atoms with Gasteiger partial charge in [0, 0.05) is 6.42 Å². The summed E-state index contributed by atoms with van der Waals surface area (Å²) in [7, 11) is 0. The topological polar surface area (TPSA) is 55.8 Å². The zero-order valence-corrected chi connectivity index (χ0v) is 10.8. The third kappa shape index (κ3) is 5.92. The smallest absolute Gasteiger partial charge is 0.319 e. The van der Waals surface area contributed by atoms with Gasteiger partial charge in [-0.2, -0.15) is 0 Å². The lowest BCUT2D eigenvalue weighted by Crippen LogP contribution is -2.26. The van der Waals surface area contributed by atoms with Gasteiger partial charge in [0.25, 0.3) is 0 Å². The molecule has 5 heteroatoms. The molecule has 0 aromatic carbocycles. The number of carbonyl (C=O) groups is 1. The third-order valence-electron chi connectivity index (χ3n) is 1.87. The summed E-state index contributed by atoms with van der Waals surface area (Å²) in [5.74, 6) is -0.332. The molecule has 0 saturated heterocycles. The summed E-state index contributed by atoms with van der Waals surface area (Å²) < 4.78 is 5.08. The maximum absolute atomic E-state index is 11.2. The van der Waals surface area contributed by atoms with Crippen LogP contribution in [0.1, 0.15) is 27.2 Å². The lowest BCUT2D eigenvalue weighted by atomic mass is 10.1. The minimum atomic E-state index is -0.501. The van der Waals surface area contributed by atoms with Gasteiger partial charge in [-0.25, -0.2) is 4.89 Å². The van der Waals surface area contributed by atoms with E-state index in [1.807, 2.05) is 0 Å². The van der Waals surface area contributed by atoms with E-state index >= 15 is 0 Å². The van der Waals surface area contributed by atoms with Crippen LogP contribution in [0.4, 0.5) is 0 Å². The zero-order chi connectivity index (χ0) is 12.0. The zero-order valence-electron chi connectivity index (χ0n) is 9.20. The summed E-state index contributed by atoms with van der Waals surface area (Å²) in [4.78, 5) is 15.1. The molecular weight excluding hydrogens is 264 g/mol. The molecule has 0 rings (SSSR count). The summed E-state index contributed by atoms with van der Waals surface area (Å²) >= 11 is 3.11. The molecule has 0 bridgehead atoms. The van der Waals surface area contributed by atoms with Crippen molar-refractivity contribution in [3.05, 3.63) is 12.2 Å². The van der Waals surface area contributed by atoms with Crippen molar-refractivity contribution in [3.63, 3.8) is 0 Å². The van der Waals surface area contributed by atoms with E-state index in [0.717, 1.165) is 0 Å². The second kappa shape index (κ2) is 6.98. The number of alkyl halides is 1. The number of ether oxygens (including phenoxy) is 1. The van der Waals surface area contributed by atoms with Crippen molar-refractivity contribution in [1.29, 1.82) is 0 Å². The number of rotatable bonds is 6. The summed E-state index contributed by atoms with van der Waals surface area (Å²) in [6, 6.07) is 0. The highest BCUT2D eigenvalue weighted by Crippen LogP contribution is 2.13. The fourth-order valence-electron chi connectivity index (χ4n) is 0.976. The van der Waals surface area contributed by atoms with Crippen LogP contribution in [0.25, 0.3) is 0 Å². The Bertz CT molecular complexity index is 227. The fourth-order valence-corrected chi connectivity index (χ4v) is 1.08. The Hall–Kier alpha value is -0.390. The molecule has 0 spiro atoms. The first-order valence-electron chi connectivity index (χ1n) is 4.68. The molecule has 0 heterocycles. The van der Waals surface area contributed by atoms with Crippen molar-refractivity contribution in [1.82, 2.24) is 0 Å². The first kappa shape index (κ1) is 14.6. The summed E-state index contributed by atoms with van der Waals surface area (Å²) in [5, 5.41) is 8.58. The van der Waals surface area contributed by atoms with Gasteiger partial charge in [0.05, 0.1) is 0 Å². The molecule has 1 N–H and O–H groups in total. The second-order valence-electron chi connectivity index (χ2n) is 3.54. The molecule has 0 saturated carbocycles. The van der Waals surface area contributed by atoms with Crippen molar-refractivity contribution < 1.29 is 19.7 Å². The van der Waals surface area contributed by atoms with Crippen LogP contribution in [-0.4, -0.2) is 28.3 Å². The van der Waals surface area contributed by atoms with E-state index in [1.54, 1.807) is 20.8 Å². The molecule has 0 amide bonds. The largest absolute Gasteiger partial charge is 0.462 e. The predicted molar refractivity (Wildman–Crippen MR) is 60.9 cm³/mol. The van der Waals surface area contributed by atoms with Crippen molar-refractivity contribution in [2.24, 2.45) is 0 Å². The van der Waals surface area contributed by atoms with E-state index in [0.29, 0.717) is 12.0 Å². The Balaban J connectivity index is 4.07. The molecule has 4 nitrogen and oxygen atoms in total. The van der Waals surface area contributed by atoms with Crippen LogP contribution in [0, 0.1) is 0 Å². The molecule has 3 unspecified atom stereocenters. The SMILES string of the molecule is C=C(C)C(CC(C)OC(=O)C(C)Br)OO. The maximum atomic E-state index is 11.2. The van der Waals surface area contributed by atoms with Gasteiger partial charge in [0.15, 0.2) is 0 Å². The quantitative estimate of drug-likeness (QED) is 0.267. The van der Waals surface area contributed by atoms with Crippen molar-refractivity contribution in [2.45, 2.75) is 44.2 Å². The van der Waals surface area contributed by atoms with E-state index in [2.05, 4.69) is 27.4 Å². The van der Waals surface area contributed by atoms with Gasteiger partial charge in [-0.15, -0.1) is 0 Å². The molecule has 0 aliphatic heterocycles. The van der Waals surface area contributed by atoms with E-state index in [9.17, 15) is 4.79 Å². The van der Waals surface area contributed by atoms with Gasteiger partial charge in [0.1, 0.15) is 17.0 Å². The molecule has 0 fully saturated rings. The maximum Gasteiger partial charge on any atom is 0.319 e. The number of halogens is 1. The summed E-state index contributed by atoms with van der Waals surface area (Å²) in [6.45, 7) is 8.82. The average Bonchev–Trinajstić information content (AvgIpc) is 2.13. The molecule has 0 aromatic heterocycles. The van der Waals surface area contributed by atoms with E-state index in [-0.39, 0.29) is 16.9 Å². The molecule has 15 heavy (non-hydrogen) atoms. The first-order chi connectivity index (χ1) is 6.88. The van der Waals surface area contributed by atoms with Gasteiger partial charge in [-0.05, 0) is 26.3 Å². The fraction of sp³-hybridized carbons (Fsp3) is 0.700. The molecule has 88 valence electrons.